The molecule has 1 atom stereocenters. The van der Waals surface area contributed by atoms with Crippen LogP contribution in [0.25, 0.3) is 0 Å². The number of nitrogens with zero attached hydrogens (tertiary/aromatic N) is 1. The Morgan fingerprint density at radius 1 is 0.744 bits per heavy atom. The van der Waals surface area contributed by atoms with E-state index in [1.165, 1.54) is 44.9 Å². The monoisotopic (exact) mass is 605 g/mol. The van der Waals surface area contributed by atoms with Gasteiger partial charge >= 0.3 is 5.97 Å². The van der Waals surface area contributed by atoms with Gasteiger partial charge in [0.25, 0.3) is 10.9 Å². The zero-order chi connectivity index (χ0) is 31.5. The largest absolute Gasteiger partial charge is 0.462 e. The van der Waals surface area contributed by atoms with Gasteiger partial charge in [-0.05, 0) is 71.0 Å². The predicted octanol–water partition coefficient (Wildman–Crippen LogP) is 7.38. The molecular weight excluding hydrogens is 542 g/mol. The van der Waals surface area contributed by atoms with Crippen molar-refractivity contribution < 1.29 is 14.3 Å². The topological polar surface area (TPSA) is 105 Å². The maximum Gasteiger partial charge on any atom is 0.306 e. The average Bonchev–Trinajstić information content (AvgIpc) is 3.01. The number of esters is 1. The fraction of sp³-hybridized carbons (Fsp3) is 0.829. The SMILES string of the molecule is CCCCCCCCC(CC)OC(=O)CCCCCCCN(CCCCCCCC=O)CCCNc1c(NC)c(=O)c1=O. The molecule has 0 bridgehead atoms. The highest BCUT2D eigenvalue weighted by Crippen LogP contribution is 2.16. The summed E-state index contributed by atoms with van der Waals surface area (Å²) in [5, 5.41) is 5.94. The van der Waals surface area contributed by atoms with Crippen molar-refractivity contribution in [3.05, 3.63) is 20.4 Å². The number of aldehydes is 1. The number of unbranched alkanes of at least 4 members (excludes halogenated alkanes) is 14. The Hall–Kier alpha value is -2.22. The van der Waals surface area contributed by atoms with E-state index in [1.807, 2.05) is 0 Å². The quantitative estimate of drug-likeness (QED) is 0.0391. The van der Waals surface area contributed by atoms with E-state index < -0.39 is 10.9 Å². The summed E-state index contributed by atoms with van der Waals surface area (Å²) in [5.74, 6) is -0.0330. The lowest BCUT2D eigenvalue weighted by molar-refractivity contribution is -0.149. The molecule has 0 radical (unpaired) electrons. The molecule has 0 fully saturated rings. The number of rotatable bonds is 31. The third-order valence-electron chi connectivity index (χ3n) is 8.40. The lowest BCUT2D eigenvalue weighted by Gasteiger charge is -2.23. The van der Waals surface area contributed by atoms with Crippen LogP contribution in [0, 0.1) is 0 Å². The standard InChI is InChI=1S/C35H63N3O5/c1-4-6-7-8-12-17-23-30(5-2)43-31(40)24-18-13-11-15-20-27-38(26-19-14-9-10-16-21-29-39)28-22-25-37-33-32(36-3)34(41)35(33)42/h29-30,36-37H,4-28H2,1-3H3. The minimum absolute atomic E-state index is 0.0330. The molecule has 0 aliphatic carbocycles. The third kappa shape index (κ3) is 18.2. The Kier molecular flexibility index (Phi) is 23.6. The van der Waals surface area contributed by atoms with Crippen LogP contribution in [0.15, 0.2) is 9.59 Å². The lowest BCUT2D eigenvalue weighted by Crippen LogP contribution is -2.37. The summed E-state index contributed by atoms with van der Waals surface area (Å²) >= 11 is 0. The van der Waals surface area contributed by atoms with Gasteiger partial charge < -0.3 is 25.1 Å². The number of hydrogen-bond acceptors (Lipinski definition) is 8. The average molecular weight is 606 g/mol. The van der Waals surface area contributed by atoms with Crippen LogP contribution >= 0.6 is 0 Å². The molecule has 1 rings (SSSR count). The van der Waals surface area contributed by atoms with E-state index in [0.29, 0.717) is 30.8 Å². The van der Waals surface area contributed by atoms with Crippen LogP contribution in [-0.4, -0.2) is 56.5 Å². The molecular formula is C35H63N3O5. The van der Waals surface area contributed by atoms with Crippen LogP contribution in [0.2, 0.25) is 0 Å². The minimum atomic E-state index is -0.440. The van der Waals surface area contributed by atoms with Crippen molar-refractivity contribution >= 4 is 23.6 Å². The number of anilines is 2. The van der Waals surface area contributed by atoms with Gasteiger partial charge in [0.05, 0.1) is 0 Å². The molecule has 0 aromatic heterocycles. The molecule has 8 heteroatoms. The first-order chi connectivity index (χ1) is 21.0. The van der Waals surface area contributed by atoms with Gasteiger partial charge in [-0.25, -0.2) is 0 Å². The first-order valence-corrected chi connectivity index (χ1v) is 17.6. The van der Waals surface area contributed by atoms with Crippen molar-refractivity contribution in [3.63, 3.8) is 0 Å². The number of ether oxygens (including phenoxy) is 1. The predicted molar refractivity (Wildman–Crippen MR) is 180 cm³/mol. The zero-order valence-corrected chi connectivity index (χ0v) is 27.8. The first-order valence-electron chi connectivity index (χ1n) is 17.6. The van der Waals surface area contributed by atoms with Crippen LogP contribution in [-0.2, 0) is 14.3 Å². The number of nitrogens with one attached hydrogen (secondary N) is 2. The molecule has 0 saturated carbocycles. The van der Waals surface area contributed by atoms with Gasteiger partial charge in [-0.1, -0.05) is 84.5 Å². The molecule has 43 heavy (non-hydrogen) atoms. The second-order valence-corrected chi connectivity index (χ2v) is 12.1. The molecule has 0 aliphatic rings. The molecule has 0 spiro atoms. The van der Waals surface area contributed by atoms with E-state index >= 15 is 0 Å². The Morgan fingerprint density at radius 3 is 1.93 bits per heavy atom. The highest BCUT2D eigenvalue weighted by atomic mass is 16.5. The molecule has 248 valence electrons. The van der Waals surface area contributed by atoms with E-state index in [1.54, 1.807) is 7.05 Å². The summed E-state index contributed by atoms with van der Waals surface area (Å²) in [5.41, 5.74) is -0.0583. The molecule has 0 saturated heterocycles. The summed E-state index contributed by atoms with van der Waals surface area (Å²) < 4.78 is 5.75. The van der Waals surface area contributed by atoms with Gasteiger partial charge in [-0.3, -0.25) is 14.4 Å². The summed E-state index contributed by atoms with van der Waals surface area (Å²) in [6.45, 7) is 8.06. The number of hydrogen-bond donors (Lipinski definition) is 2. The van der Waals surface area contributed by atoms with Gasteiger partial charge in [0.1, 0.15) is 23.8 Å². The van der Waals surface area contributed by atoms with Gasteiger partial charge in [0, 0.05) is 26.4 Å². The van der Waals surface area contributed by atoms with Crippen molar-refractivity contribution in [2.75, 3.05) is 43.9 Å². The van der Waals surface area contributed by atoms with Crippen molar-refractivity contribution in [1.29, 1.82) is 0 Å². The number of carbonyl (C=O) groups excluding carboxylic acids is 2. The molecule has 0 aliphatic heterocycles. The summed E-state index contributed by atoms with van der Waals surface area (Å²) in [6.07, 6.45) is 23.6. The Balaban J connectivity index is 2.25. The fourth-order valence-electron chi connectivity index (χ4n) is 5.62. The highest BCUT2D eigenvalue weighted by Gasteiger charge is 2.19. The van der Waals surface area contributed by atoms with Crippen LogP contribution in [0.4, 0.5) is 11.4 Å². The van der Waals surface area contributed by atoms with E-state index in [0.717, 1.165) is 103 Å². The maximum absolute atomic E-state index is 12.3. The second-order valence-electron chi connectivity index (χ2n) is 12.1. The van der Waals surface area contributed by atoms with E-state index in [2.05, 4.69) is 29.4 Å². The third-order valence-corrected chi connectivity index (χ3v) is 8.40. The first kappa shape index (κ1) is 38.8. The summed E-state index contributed by atoms with van der Waals surface area (Å²) in [7, 11) is 1.66. The van der Waals surface area contributed by atoms with Gasteiger partial charge in [0.2, 0.25) is 0 Å². The van der Waals surface area contributed by atoms with Crippen LogP contribution in [0.5, 0.6) is 0 Å². The Bertz CT molecular complexity index is 912. The second kappa shape index (κ2) is 26.2. The van der Waals surface area contributed by atoms with Crippen molar-refractivity contribution in [2.45, 2.75) is 155 Å². The van der Waals surface area contributed by atoms with Gasteiger partial charge in [0.15, 0.2) is 0 Å². The summed E-state index contributed by atoms with van der Waals surface area (Å²) in [6, 6.07) is 0. The highest BCUT2D eigenvalue weighted by molar-refractivity contribution is 5.73. The maximum atomic E-state index is 12.3. The zero-order valence-electron chi connectivity index (χ0n) is 27.8. The van der Waals surface area contributed by atoms with Gasteiger partial charge in [-0.2, -0.15) is 0 Å². The van der Waals surface area contributed by atoms with Crippen LogP contribution < -0.4 is 21.5 Å². The molecule has 1 aromatic carbocycles. The number of carbonyl (C=O) groups is 2. The molecule has 0 amide bonds. The van der Waals surface area contributed by atoms with E-state index in [9.17, 15) is 19.2 Å². The smallest absolute Gasteiger partial charge is 0.306 e. The van der Waals surface area contributed by atoms with Crippen molar-refractivity contribution in [1.82, 2.24) is 4.90 Å². The van der Waals surface area contributed by atoms with Gasteiger partial charge in [-0.15, -0.1) is 0 Å². The normalized spacial score (nSPS) is 12.1. The Morgan fingerprint density at radius 2 is 1.30 bits per heavy atom. The molecule has 2 N–H and O–H groups in total. The summed E-state index contributed by atoms with van der Waals surface area (Å²) in [4.78, 5) is 48.7. The molecule has 1 unspecified atom stereocenters. The van der Waals surface area contributed by atoms with Crippen molar-refractivity contribution in [3.8, 4) is 0 Å². The van der Waals surface area contributed by atoms with E-state index in [-0.39, 0.29) is 12.1 Å². The minimum Gasteiger partial charge on any atom is -0.462 e. The lowest BCUT2D eigenvalue weighted by atomic mass is 10.1. The Labute approximate surface area is 261 Å². The van der Waals surface area contributed by atoms with E-state index in [4.69, 9.17) is 4.74 Å². The molecule has 1 aromatic rings. The van der Waals surface area contributed by atoms with Crippen LogP contribution in [0.1, 0.15) is 149 Å². The fourth-order valence-corrected chi connectivity index (χ4v) is 5.62. The van der Waals surface area contributed by atoms with Crippen molar-refractivity contribution in [2.24, 2.45) is 0 Å². The van der Waals surface area contributed by atoms with Crippen LogP contribution in [0.3, 0.4) is 0 Å². The molecule has 0 heterocycles. The molecule has 8 nitrogen and oxygen atoms in total.